The number of fused-ring (bicyclic) bond motifs is 1. The van der Waals surface area contributed by atoms with E-state index in [1.54, 1.807) is 0 Å². The lowest BCUT2D eigenvalue weighted by Crippen LogP contribution is -2.70. The molecule has 0 radical (unpaired) electrons. The van der Waals surface area contributed by atoms with Crippen molar-refractivity contribution in [3.8, 4) is 0 Å². The molecule has 1 saturated heterocycles. The summed E-state index contributed by atoms with van der Waals surface area (Å²) in [5.41, 5.74) is -0.201. The minimum absolute atomic E-state index is 0.0791. The third-order valence-corrected chi connectivity index (χ3v) is 5.75. The number of β-lactam (4-membered cyclic amide) rings is 1. The van der Waals surface area contributed by atoms with Crippen molar-refractivity contribution < 1.29 is 24.3 Å². The van der Waals surface area contributed by atoms with Crippen molar-refractivity contribution in [3.63, 3.8) is 0 Å². The van der Waals surface area contributed by atoms with Crippen LogP contribution in [0.15, 0.2) is 28.8 Å². The van der Waals surface area contributed by atoms with E-state index in [0.29, 0.717) is 6.29 Å². The summed E-state index contributed by atoms with van der Waals surface area (Å²) in [6, 6.07) is 2.91. The van der Waals surface area contributed by atoms with Crippen LogP contribution < -0.4 is 5.32 Å². The summed E-state index contributed by atoms with van der Waals surface area (Å²) >= 11 is 2.72. The third-order valence-electron chi connectivity index (χ3n) is 3.57. The van der Waals surface area contributed by atoms with Crippen LogP contribution in [0.1, 0.15) is 4.88 Å². The molecular weight excluding hydrogens is 340 g/mol. The quantitative estimate of drug-likeness (QED) is 0.581. The number of hydrogen-bond donors (Lipinski definition) is 2. The molecule has 3 rings (SSSR count). The molecule has 1 unspecified atom stereocenters. The molecule has 1 aromatic heterocycles. The van der Waals surface area contributed by atoms with Crippen molar-refractivity contribution in [1.82, 2.24) is 10.2 Å². The molecule has 120 valence electrons. The van der Waals surface area contributed by atoms with Gasteiger partial charge in [0.1, 0.15) is 23.4 Å². The average molecular weight is 352 g/mol. The molecule has 2 aliphatic heterocycles. The van der Waals surface area contributed by atoms with E-state index in [4.69, 9.17) is 0 Å². The van der Waals surface area contributed by atoms with E-state index in [9.17, 15) is 24.3 Å². The molecule has 1 fully saturated rings. The molecule has 7 nitrogen and oxygen atoms in total. The third kappa shape index (κ3) is 2.77. The molecule has 23 heavy (non-hydrogen) atoms. The largest absolute Gasteiger partial charge is 0.477 e. The predicted molar refractivity (Wildman–Crippen MR) is 83.8 cm³/mol. The Morgan fingerprint density at radius 3 is 2.87 bits per heavy atom. The summed E-state index contributed by atoms with van der Waals surface area (Å²) < 4.78 is 0. The monoisotopic (exact) mass is 352 g/mol. The number of amides is 2. The first-order valence-electron chi connectivity index (χ1n) is 6.71. The van der Waals surface area contributed by atoms with Gasteiger partial charge in [-0.25, -0.2) is 4.79 Å². The van der Waals surface area contributed by atoms with E-state index in [1.165, 1.54) is 23.1 Å². The molecule has 2 aliphatic rings. The van der Waals surface area contributed by atoms with Crippen LogP contribution in [0.5, 0.6) is 0 Å². The van der Waals surface area contributed by atoms with Crippen molar-refractivity contribution >= 4 is 47.2 Å². The van der Waals surface area contributed by atoms with Gasteiger partial charge >= 0.3 is 5.97 Å². The highest BCUT2D eigenvalue weighted by Crippen LogP contribution is 2.39. The Morgan fingerprint density at radius 1 is 1.48 bits per heavy atom. The topological polar surface area (TPSA) is 104 Å². The Hall–Kier alpha value is -2.13. The zero-order chi connectivity index (χ0) is 16.6. The maximum atomic E-state index is 12.2. The van der Waals surface area contributed by atoms with Crippen molar-refractivity contribution in [2.24, 2.45) is 0 Å². The molecule has 2 N–H and O–H groups in total. The number of nitrogens with zero attached hydrogens (tertiary/aromatic N) is 1. The van der Waals surface area contributed by atoms with E-state index >= 15 is 0 Å². The fourth-order valence-electron chi connectivity index (χ4n) is 2.53. The summed E-state index contributed by atoms with van der Waals surface area (Å²) in [5, 5.41) is 13.2. The Bertz CT molecular complexity index is 713. The van der Waals surface area contributed by atoms with E-state index in [2.05, 4.69) is 5.32 Å². The average Bonchev–Trinajstić information content (AvgIpc) is 3.03. The van der Waals surface area contributed by atoms with Crippen LogP contribution in [0.2, 0.25) is 0 Å². The predicted octanol–water partition coefficient (Wildman–Crippen LogP) is 0.228. The molecule has 0 spiro atoms. The zero-order valence-electron chi connectivity index (χ0n) is 11.7. The normalized spacial score (nSPS) is 23.1. The van der Waals surface area contributed by atoms with E-state index in [-0.39, 0.29) is 29.4 Å². The molecule has 1 aromatic rings. The second kappa shape index (κ2) is 6.17. The maximum Gasteiger partial charge on any atom is 0.353 e. The second-order valence-corrected chi connectivity index (χ2v) is 7.15. The Morgan fingerprint density at radius 2 is 2.26 bits per heavy atom. The van der Waals surface area contributed by atoms with Gasteiger partial charge in [0, 0.05) is 16.2 Å². The molecule has 0 aromatic carbocycles. The molecule has 9 heteroatoms. The minimum atomic E-state index is -1.31. The summed E-state index contributed by atoms with van der Waals surface area (Å²) in [4.78, 5) is 48.4. The number of carboxylic acid groups (broad SMARTS) is 1. The van der Waals surface area contributed by atoms with E-state index in [1.807, 2.05) is 17.5 Å². The van der Waals surface area contributed by atoms with Crippen LogP contribution >= 0.6 is 23.1 Å². The van der Waals surface area contributed by atoms with Crippen LogP contribution in [0.4, 0.5) is 0 Å². The fraction of sp³-hybridized carbons (Fsp3) is 0.286. The lowest BCUT2D eigenvalue weighted by molar-refractivity contribution is -0.150. The zero-order valence-corrected chi connectivity index (χ0v) is 13.4. The number of rotatable bonds is 5. The Balaban J connectivity index is 1.71. The SMILES string of the molecule is O=CC1=C(C(=O)O)N2C(=O)C(NC(=O)Cc3cccs3)[C@@H]2SC1. The smallest absolute Gasteiger partial charge is 0.353 e. The van der Waals surface area contributed by atoms with Gasteiger partial charge < -0.3 is 10.4 Å². The van der Waals surface area contributed by atoms with Gasteiger partial charge in [-0.15, -0.1) is 23.1 Å². The minimum Gasteiger partial charge on any atom is -0.477 e. The molecule has 0 bridgehead atoms. The number of carbonyl (C=O) groups excluding carboxylic acids is 3. The number of thiophene rings is 1. The van der Waals surface area contributed by atoms with Gasteiger partial charge in [0.2, 0.25) is 5.91 Å². The number of aliphatic carboxylic acids is 1. The van der Waals surface area contributed by atoms with Crippen LogP contribution in [-0.2, 0) is 25.6 Å². The summed E-state index contributed by atoms with van der Waals surface area (Å²) in [7, 11) is 0. The van der Waals surface area contributed by atoms with Crippen molar-refractivity contribution in [2.75, 3.05) is 5.75 Å². The first kappa shape index (κ1) is 15.8. The number of nitrogens with one attached hydrogen (secondary N) is 1. The molecule has 2 amide bonds. The Kier molecular flexibility index (Phi) is 4.22. The Labute approximate surface area is 139 Å². The van der Waals surface area contributed by atoms with E-state index < -0.39 is 23.3 Å². The van der Waals surface area contributed by atoms with Gasteiger partial charge in [-0.3, -0.25) is 19.3 Å². The van der Waals surface area contributed by atoms with E-state index in [0.717, 1.165) is 9.78 Å². The highest BCUT2D eigenvalue weighted by atomic mass is 32.2. The number of hydrogen-bond acceptors (Lipinski definition) is 6. The van der Waals surface area contributed by atoms with Gasteiger partial charge in [0.15, 0.2) is 0 Å². The summed E-state index contributed by atoms with van der Waals surface area (Å²) in [5.74, 6) is -1.89. The second-order valence-electron chi connectivity index (χ2n) is 5.01. The van der Waals surface area contributed by atoms with Crippen LogP contribution in [0, 0.1) is 0 Å². The van der Waals surface area contributed by atoms with Crippen LogP contribution in [0.25, 0.3) is 0 Å². The summed E-state index contributed by atoms with van der Waals surface area (Å²) in [6.07, 6.45) is 0.642. The maximum absolute atomic E-state index is 12.2. The van der Waals surface area contributed by atoms with Crippen LogP contribution in [0.3, 0.4) is 0 Å². The highest BCUT2D eigenvalue weighted by Gasteiger charge is 2.54. The number of carbonyl (C=O) groups is 4. The first-order chi connectivity index (χ1) is 11.0. The number of aldehydes is 1. The molecule has 0 aliphatic carbocycles. The fourth-order valence-corrected chi connectivity index (χ4v) is 4.52. The van der Waals surface area contributed by atoms with Crippen LogP contribution in [-0.4, -0.2) is 51.2 Å². The standard InChI is InChI=1S/C14H12N2O5S2/c17-5-7-6-23-13-10(12(19)16(13)11(7)14(20)21)15-9(18)4-8-2-1-3-22-8/h1-3,5,10,13H,4,6H2,(H,15,18)(H,20,21)/t10?,13-/m0/s1. The number of carboxylic acids is 1. The lowest BCUT2D eigenvalue weighted by Gasteiger charge is -2.49. The summed E-state index contributed by atoms with van der Waals surface area (Å²) in [6.45, 7) is 0. The first-order valence-corrected chi connectivity index (χ1v) is 8.64. The lowest BCUT2D eigenvalue weighted by atomic mass is 10.0. The van der Waals surface area contributed by atoms with Gasteiger partial charge in [-0.1, -0.05) is 6.07 Å². The highest BCUT2D eigenvalue weighted by molar-refractivity contribution is 8.00. The molecular formula is C14H12N2O5S2. The van der Waals surface area contributed by atoms with Crippen molar-refractivity contribution in [3.05, 3.63) is 33.7 Å². The number of thioether (sulfide) groups is 1. The molecule has 2 atom stereocenters. The van der Waals surface area contributed by atoms with Gasteiger partial charge in [0.05, 0.1) is 6.42 Å². The van der Waals surface area contributed by atoms with Gasteiger partial charge in [-0.05, 0) is 11.4 Å². The van der Waals surface area contributed by atoms with Gasteiger partial charge in [-0.2, -0.15) is 0 Å². The van der Waals surface area contributed by atoms with Crippen molar-refractivity contribution in [1.29, 1.82) is 0 Å². The molecule has 3 heterocycles. The van der Waals surface area contributed by atoms with Crippen molar-refractivity contribution in [2.45, 2.75) is 17.8 Å². The van der Waals surface area contributed by atoms with Gasteiger partial charge in [0.25, 0.3) is 5.91 Å². The molecule has 0 saturated carbocycles.